The van der Waals surface area contributed by atoms with Crippen molar-refractivity contribution in [3.05, 3.63) is 64.5 Å². The molecule has 22 heavy (non-hydrogen) atoms. The van der Waals surface area contributed by atoms with Gasteiger partial charge in [0.1, 0.15) is 17.1 Å². The van der Waals surface area contributed by atoms with Crippen LogP contribution in [0.25, 0.3) is 0 Å². The topological polar surface area (TPSA) is 50.1 Å². The van der Waals surface area contributed by atoms with Gasteiger partial charge in [-0.25, -0.2) is 4.39 Å². The lowest BCUT2D eigenvalue weighted by Crippen LogP contribution is -2.09. The van der Waals surface area contributed by atoms with Crippen LogP contribution in [0.1, 0.15) is 40.4 Å². The van der Waals surface area contributed by atoms with E-state index in [-0.39, 0.29) is 16.9 Å². The zero-order chi connectivity index (χ0) is 16.1. The molecule has 0 saturated carbocycles. The summed E-state index contributed by atoms with van der Waals surface area (Å²) in [4.78, 5) is 12.6. The molecule has 0 N–H and O–H groups in total. The zero-order valence-corrected chi connectivity index (χ0v) is 12.5. The highest BCUT2D eigenvalue weighted by Crippen LogP contribution is 2.28. The Morgan fingerprint density at radius 1 is 1.32 bits per heavy atom. The first-order chi connectivity index (χ1) is 10.6. The molecule has 0 aliphatic carbocycles. The predicted molar refractivity (Wildman–Crippen MR) is 81.5 cm³/mol. The predicted octanol–water partition coefficient (Wildman–Crippen LogP) is 3.89. The first-order valence-corrected chi connectivity index (χ1v) is 7.02. The summed E-state index contributed by atoms with van der Waals surface area (Å²) in [6.07, 6.45) is 1.33. The number of aryl methyl sites for hydroxylation is 1. The maximum absolute atomic E-state index is 14.7. The number of methoxy groups -OCH3 is 1. The van der Waals surface area contributed by atoms with Crippen LogP contribution in [0, 0.1) is 17.1 Å². The van der Waals surface area contributed by atoms with E-state index in [1.807, 2.05) is 13.0 Å². The summed E-state index contributed by atoms with van der Waals surface area (Å²) in [5.41, 5.74) is 1.03. The minimum absolute atomic E-state index is 0.0801. The summed E-state index contributed by atoms with van der Waals surface area (Å²) in [5.74, 6) is -0.831. The van der Waals surface area contributed by atoms with E-state index in [1.165, 1.54) is 13.2 Å². The van der Waals surface area contributed by atoms with Gasteiger partial charge in [0, 0.05) is 5.56 Å². The fourth-order valence-corrected chi connectivity index (χ4v) is 2.32. The molecule has 0 aromatic heterocycles. The van der Waals surface area contributed by atoms with E-state index in [0.29, 0.717) is 17.5 Å². The van der Waals surface area contributed by atoms with Gasteiger partial charge in [0.2, 0.25) is 0 Å². The van der Waals surface area contributed by atoms with Gasteiger partial charge in [-0.1, -0.05) is 31.5 Å². The van der Waals surface area contributed by atoms with Crippen LogP contribution in [0.3, 0.4) is 0 Å². The Kier molecular flexibility index (Phi) is 4.90. The summed E-state index contributed by atoms with van der Waals surface area (Å²) in [5, 5.41) is 8.92. The molecule has 3 nitrogen and oxygen atoms in total. The van der Waals surface area contributed by atoms with Crippen molar-refractivity contribution in [1.29, 1.82) is 5.26 Å². The molecular formula is C18H16FNO2. The van der Waals surface area contributed by atoms with Gasteiger partial charge in [-0.15, -0.1) is 0 Å². The highest BCUT2D eigenvalue weighted by Gasteiger charge is 2.22. The molecule has 0 saturated heterocycles. The second-order valence-corrected chi connectivity index (χ2v) is 4.89. The fraction of sp³-hybridized carbons (Fsp3) is 0.222. The number of hydrogen-bond acceptors (Lipinski definition) is 3. The third-order valence-electron chi connectivity index (χ3n) is 3.40. The largest absolute Gasteiger partial charge is 0.496 e. The van der Waals surface area contributed by atoms with E-state index in [2.05, 4.69) is 0 Å². The second kappa shape index (κ2) is 6.86. The van der Waals surface area contributed by atoms with Crippen molar-refractivity contribution < 1.29 is 13.9 Å². The van der Waals surface area contributed by atoms with Crippen LogP contribution in [-0.4, -0.2) is 12.9 Å². The van der Waals surface area contributed by atoms with Crippen molar-refractivity contribution in [2.75, 3.05) is 7.11 Å². The van der Waals surface area contributed by atoms with Crippen LogP contribution >= 0.6 is 0 Å². The van der Waals surface area contributed by atoms with E-state index in [9.17, 15) is 9.18 Å². The summed E-state index contributed by atoms with van der Waals surface area (Å²) in [6, 6.07) is 11.4. The van der Waals surface area contributed by atoms with Gasteiger partial charge < -0.3 is 4.74 Å². The van der Waals surface area contributed by atoms with Crippen LogP contribution < -0.4 is 4.74 Å². The monoisotopic (exact) mass is 297 g/mol. The van der Waals surface area contributed by atoms with Crippen molar-refractivity contribution >= 4 is 5.78 Å². The van der Waals surface area contributed by atoms with Crippen molar-refractivity contribution in [2.45, 2.75) is 19.8 Å². The van der Waals surface area contributed by atoms with Crippen molar-refractivity contribution in [3.8, 4) is 11.8 Å². The standard InChI is InChI=1S/C18H16FNO2/c1-3-5-13-8-9-15(22-2)16(17(13)19)18(21)14-7-4-6-12(10-14)11-20/h4,6-10H,3,5H2,1-2H3. The average molecular weight is 297 g/mol. The van der Waals surface area contributed by atoms with Crippen LogP contribution in [0.15, 0.2) is 36.4 Å². The third kappa shape index (κ3) is 2.99. The first-order valence-electron chi connectivity index (χ1n) is 7.02. The summed E-state index contributed by atoms with van der Waals surface area (Å²) < 4.78 is 19.8. The van der Waals surface area contributed by atoms with E-state index in [0.717, 1.165) is 6.42 Å². The van der Waals surface area contributed by atoms with Gasteiger partial charge in [-0.3, -0.25) is 4.79 Å². The lowest BCUT2D eigenvalue weighted by atomic mass is 9.97. The van der Waals surface area contributed by atoms with Gasteiger partial charge in [0.25, 0.3) is 0 Å². The minimum atomic E-state index is -0.548. The molecule has 2 aromatic rings. The highest BCUT2D eigenvalue weighted by molar-refractivity contribution is 6.11. The Morgan fingerprint density at radius 2 is 2.09 bits per heavy atom. The smallest absolute Gasteiger partial charge is 0.199 e. The minimum Gasteiger partial charge on any atom is -0.496 e. The van der Waals surface area contributed by atoms with Gasteiger partial charge in [0.05, 0.1) is 18.7 Å². The molecule has 4 heteroatoms. The van der Waals surface area contributed by atoms with E-state index in [1.54, 1.807) is 30.3 Å². The van der Waals surface area contributed by atoms with Crippen LogP contribution in [0.5, 0.6) is 5.75 Å². The fourth-order valence-electron chi connectivity index (χ4n) is 2.32. The van der Waals surface area contributed by atoms with Crippen molar-refractivity contribution in [1.82, 2.24) is 0 Å². The number of ketones is 1. The molecule has 0 radical (unpaired) electrons. The Labute approximate surface area is 129 Å². The molecule has 2 aromatic carbocycles. The molecule has 0 amide bonds. The number of rotatable bonds is 5. The maximum Gasteiger partial charge on any atom is 0.199 e. The maximum atomic E-state index is 14.7. The second-order valence-electron chi connectivity index (χ2n) is 4.89. The molecular weight excluding hydrogens is 281 g/mol. The molecule has 0 aliphatic heterocycles. The summed E-state index contributed by atoms with van der Waals surface area (Å²) >= 11 is 0. The van der Waals surface area contributed by atoms with Crippen LogP contribution in [0.4, 0.5) is 4.39 Å². The number of nitrogens with zero attached hydrogens (tertiary/aromatic N) is 1. The number of nitriles is 1. The normalized spacial score (nSPS) is 10.1. The zero-order valence-electron chi connectivity index (χ0n) is 12.5. The lowest BCUT2D eigenvalue weighted by Gasteiger charge is -2.12. The molecule has 0 bridgehead atoms. The van der Waals surface area contributed by atoms with Gasteiger partial charge in [0.15, 0.2) is 5.78 Å². The number of halogens is 1. The lowest BCUT2D eigenvalue weighted by molar-refractivity contribution is 0.103. The first kappa shape index (κ1) is 15.7. The number of carbonyl (C=O) groups is 1. The highest BCUT2D eigenvalue weighted by atomic mass is 19.1. The Balaban J connectivity index is 2.56. The number of benzene rings is 2. The van der Waals surface area contributed by atoms with Crippen LogP contribution in [0.2, 0.25) is 0 Å². The van der Waals surface area contributed by atoms with E-state index < -0.39 is 11.6 Å². The number of hydrogen-bond donors (Lipinski definition) is 0. The van der Waals surface area contributed by atoms with E-state index >= 15 is 0 Å². The number of carbonyl (C=O) groups excluding carboxylic acids is 1. The summed E-state index contributed by atoms with van der Waals surface area (Å²) in [7, 11) is 1.40. The van der Waals surface area contributed by atoms with Gasteiger partial charge in [-0.05, 0) is 30.2 Å². The molecule has 0 fully saturated rings. The van der Waals surface area contributed by atoms with Gasteiger partial charge in [-0.2, -0.15) is 5.26 Å². The Morgan fingerprint density at radius 3 is 2.73 bits per heavy atom. The Hall–Kier alpha value is -2.67. The number of ether oxygens (including phenoxy) is 1. The molecule has 112 valence electrons. The quantitative estimate of drug-likeness (QED) is 0.787. The SMILES string of the molecule is CCCc1ccc(OC)c(C(=O)c2cccc(C#N)c2)c1F. The van der Waals surface area contributed by atoms with E-state index in [4.69, 9.17) is 10.00 Å². The van der Waals surface area contributed by atoms with Gasteiger partial charge >= 0.3 is 0 Å². The molecule has 0 heterocycles. The summed E-state index contributed by atoms with van der Waals surface area (Å²) in [6.45, 7) is 1.95. The Bertz CT molecular complexity index is 747. The molecule has 0 aliphatic rings. The van der Waals surface area contributed by atoms with Crippen molar-refractivity contribution in [3.63, 3.8) is 0 Å². The molecule has 2 rings (SSSR count). The third-order valence-corrected chi connectivity index (χ3v) is 3.40. The van der Waals surface area contributed by atoms with Crippen LogP contribution in [-0.2, 0) is 6.42 Å². The average Bonchev–Trinajstić information content (AvgIpc) is 2.56. The molecule has 0 atom stereocenters. The van der Waals surface area contributed by atoms with Crippen molar-refractivity contribution in [2.24, 2.45) is 0 Å². The molecule has 0 spiro atoms. The molecule has 0 unspecified atom stereocenters.